The topological polar surface area (TPSA) is 109 Å². The number of rotatable bonds is 9. The molecule has 1 aromatic carbocycles. The highest BCUT2D eigenvalue weighted by Crippen LogP contribution is 2.37. The molecule has 2 aliphatic rings. The van der Waals surface area contributed by atoms with E-state index in [1.54, 1.807) is 0 Å². The first-order valence-electron chi connectivity index (χ1n) is 13.2. The molecule has 0 radical (unpaired) electrons. The number of esters is 1. The molecule has 2 aromatic heterocycles. The number of carbonyl (C=O) groups excluding carboxylic acids is 2. The molecule has 3 aromatic rings. The number of ether oxygens (including phenoxy) is 1. The highest BCUT2D eigenvalue weighted by Gasteiger charge is 2.38. The molecule has 9 nitrogen and oxygen atoms in total. The van der Waals surface area contributed by atoms with Gasteiger partial charge < -0.3 is 15.0 Å². The molecule has 2 N–H and O–H groups in total. The summed E-state index contributed by atoms with van der Waals surface area (Å²) in [6, 6.07) is 3.78. The number of halogens is 1. The molecule has 38 heavy (non-hydrogen) atoms. The fraction of sp³-hybridized carbons (Fsp3) is 0.519. The minimum absolute atomic E-state index is 0.123. The van der Waals surface area contributed by atoms with Gasteiger partial charge in [-0.15, -0.1) is 0 Å². The van der Waals surface area contributed by atoms with Crippen LogP contribution >= 0.6 is 27.3 Å². The number of hydrogen-bond acceptors (Lipinski definition) is 8. The monoisotopic (exact) mass is 600 g/mol. The van der Waals surface area contributed by atoms with Crippen LogP contribution in [0, 0.1) is 11.3 Å². The summed E-state index contributed by atoms with van der Waals surface area (Å²) in [5, 5.41) is 6.34. The van der Waals surface area contributed by atoms with Crippen molar-refractivity contribution in [2.75, 3.05) is 36.5 Å². The van der Waals surface area contributed by atoms with Crippen molar-refractivity contribution in [2.45, 2.75) is 52.4 Å². The maximum Gasteiger partial charge on any atom is 0.321 e. The Balaban J connectivity index is 1.21. The van der Waals surface area contributed by atoms with Crippen LogP contribution in [0.15, 0.2) is 29.0 Å². The minimum Gasteiger partial charge on any atom is -0.466 e. The third-order valence-electron chi connectivity index (χ3n) is 7.33. The molecule has 0 unspecified atom stereocenters. The van der Waals surface area contributed by atoms with Gasteiger partial charge in [0.2, 0.25) is 5.95 Å². The standard InChI is InChI=1S/C27H33BrN6O3S/c1-3-37-23(35)27(2)8-11-34(12-9-27)24-30-15-19(16-31-24)18-13-20(28)22-21(14-18)32-26(38-22)33-25(36)29-10-4-5-17-6-7-17/h13-17H,3-12H2,1-2H3,(H2,29,32,33,36). The third kappa shape index (κ3) is 6.26. The van der Waals surface area contributed by atoms with Crippen LogP contribution in [0.4, 0.5) is 15.9 Å². The number of benzene rings is 1. The van der Waals surface area contributed by atoms with Gasteiger partial charge in [0, 0.05) is 42.1 Å². The van der Waals surface area contributed by atoms with Crippen LogP contribution in [0.2, 0.25) is 0 Å². The number of carbonyl (C=O) groups is 2. The maximum atomic E-state index is 12.3. The van der Waals surface area contributed by atoms with E-state index >= 15 is 0 Å². The fourth-order valence-electron chi connectivity index (χ4n) is 4.70. The van der Waals surface area contributed by atoms with Crippen LogP contribution in [-0.4, -0.2) is 53.2 Å². The number of anilines is 2. The van der Waals surface area contributed by atoms with Crippen LogP contribution < -0.4 is 15.5 Å². The highest BCUT2D eigenvalue weighted by molar-refractivity contribution is 9.10. The number of nitrogens with one attached hydrogen (secondary N) is 2. The van der Waals surface area contributed by atoms with Gasteiger partial charge in [-0.2, -0.15) is 0 Å². The van der Waals surface area contributed by atoms with Crippen molar-refractivity contribution in [3.63, 3.8) is 0 Å². The number of piperidine rings is 1. The molecule has 1 aliphatic heterocycles. The van der Waals surface area contributed by atoms with E-state index in [1.165, 1.54) is 30.6 Å². The molecular weight excluding hydrogens is 568 g/mol. The van der Waals surface area contributed by atoms with E-state index in [9.17, 15) is 9.59 Å². The Hall–Kier alpha value is -2.79. The van der Waals surface area contributed by atoms with Gasteiger partial charge >= 0.3 is 12.0 Å². The van der Waals surface area contributed by atoms with E-state index < -0.39 is 5.41 Å². The molecule has 1 aliphatic carbocycles. The molecule has 1 saturated carbocycles. The Kier molecular flexibility index (Phi) is 8.13. The Bertz CT molecular complexity index is 1300. The lowest BCUT2D eigenvalue weighted by Gasteiger charge is -2.37. The fourth-order valence-corrected chi connectivity index (χ4v) is 6.24. The zero-order valence-corrected chi connectivity index (χ0v) is 24.2. The van der Waals surface area contributed by atoms with Crippen molar-refractivity contribution in [2.24, 2.45) is 11.3 Å². The number of amides is 2. The SMILES string of the molecule is CCOC(=O)C1(C)CCN(c2ncc(-c3cc(Br)c4sc(NC(=O)NCCCC5CC5)nc4c3)cn2)CC1. The van der Waals surface area contributed by atoms with E-state index in [0.29, 0.717) is 50.2 Å². The largest absolute Gasteiger partial charge is 0.466 e. The van der Waals surface area contributed by atoms with Crippen LogP contribution in [0.25, 0.3) is 21.3 Å². The highest BCUT2D eigenvalue weighted by atomic mass is 79.9. The normalized spacial score (nSPS) is 16.9. The van der Waals surface area contributed by atoms with Gasteiger partial charge in [0.15, 0.2) is 5.13 Å². The molecule has 2 amide bonds. The van der Waals surface area contributed by atoms with E-state index in [0.717, 1.165) is 38.2 Å². The first kappa shape index (κ1) is 26.8. The third-order valence-corrected chi connectivity index (χ3v) is 9.23. The van der Waals surface area contributed by atoms with Crippen molar-refractivity contribution in [3.05, 3.63) is 29.0 Å². The Morgan fingerprint density at radius 3 is 2.61 bits per heavy atom. The predicted octanol–water partition coefficient (Wildman–Crippen LogP) is 6.00. The Morgan fingerprint density at radius 1 is 1.18 bits per heavy atom. The number of aromatic nitrogens is 3. The summed E-state index contributed by atoms with van der Waals surface area (Å²) in [5.41, 5.74) is 2.15. The molecule has 1 saturated heterocycles. The van der Waals surface area contributed by atoms with Crippen molar-refractivity contribution in [3.8, 4) is 11.1 Å². The molecule has 2 fully saturated rings. The summed E-state index contributed by atoms with van der Waals surface area (Å²) in [5.74, 6) is 1.40. The zero-order chi connectivity index (χ0) is 26.7. The van der Waals surface area contributed by atoms with Gasteiger partial charge in [-0.25, -0.2) is 19.7 Å². The van der Waals surface area contributed by atoms with Crippen LogP contribution in [0.3, 0.4) is 0 Å². The van der Waals surface area contributed by atoms with E-state index in [-0.39, 0.29) is 12.0 Å². The van der Waals surface area contributed by atoms with E-state index in [2.05, 4.69) is 46.4 Å². The summed E-state index contributed by atoms with van der Waals surface area (Å²) < 4.78 is 7.13. The second-order valence-corrected chi connectivity index (χ2v) is 12.2. The number of fused-ring (bicyclic) bond motifs is 1. The molecule has 0 spiro atoms. The molecule has 202 valence electrons. The number of hydrogen-bond donors (Lipinski definition) is 2. The summed E-state index contributed by atoms with van der Waals surface area (Å²) in [4.78, 5) is 40.5. The first-order valence-corrected chi connectivity index (χ1v) is 14.8. The van der Waals surface area contributed by atoms with Crippen LogP contribution in [0.1, 0.15) is 52.4 Å². The van der Waals surface area contributed by atoms with Gasteiger partial charge in [-0.3, -0.25) is 10.1 Å². The first-order chi connectivity index (χ1) is 18.3. The second kappa shape index (κ2) is 11.5. The summed E-state index contributed by atoms with van der Waals surface area (Å²) in [6.45, 7) is 6.30. The van der Waals surface area contributed by atoms with E-state index in [4.69, 9.17) is 4.74 Å². The van der Waals surface area contributed by atoms with E-state index in [1.807, 2.05) is 38.4 Å². The van der Waals surface area contributed by atoms with Crippen molar-refractivity contribution in [1.82, 2.24) is 20.3 Å². The Labute approximate surface area is 234 Å². The number of urea groups is 1. The van der Waals surface area contributed by atoms with Gasteiger partial charge in [0.1, 0.15) is 0 Å². The van der Waals surface area contributed by atoms with Gasteiger partial charge in [-0.05, 0) is 79.1 Å². The lowest BCUT2D eigenvalue weighted by atomic mass is 9.80. The zero-order valence-electron chi connectivity index (χ0n) is 21.8. The van der Waals surface area contributed by atoms with Crippen molar-refractivity contribution < 1.29 is 14.3 Å². The predicted molar refractivity (Wildman–Crippen MR) is 154 cm³/mol. The minimum atomic E-state index is -0.452. The Morgan fingerprint density at radius 2 is 1.92 bits per heavy atom. The number of thiazole rings is 1. The van der Waals surface area contributed by atoms with Gasteiger partial charge in [0.05, 0.1) is 22.2 Å². The van der Waals surface area contributed by atoms with Crippen molar-refractivity contribution in [1.29, 1.82) is 0 Å². The maximum absolute atomic E-state index is 12.3. The summed E-state index contributed by atoms with van der Waals surface area (Å²) in [6.07, 6.45) is 9.92. The van der Waals surface area contributed by atoms with Gasteiger partial charge in [0.25, 0.3) is 0 Å². The van der Waals surface area contributed by atoms with Crippen LogP contribution in [-0.2, 0) is 9.53 Å². The lowest BCUT2D eigenvalue weighted by Crippen LogP contribution is -2.44. The number of nitrogens with zero attached hydrogens (tertiary/aromatic N) is 4. The average molecular weight is 602 g/mol. The molecule has 0 bridgehead atoms. The molecule has 11 heteroatoms. The smallest absolute Gasteiger partial charge is 0.321 e. The average Bonchev–Trinajstić information content (AvgIpc) is 3.65. The summed E-state index contributed by atoms with van der Waals surface area (Å²) >= 11 is 5.10. The lowest BCUT2D eigenvalue weighted by molar-refractivity contribution is -0.155. The van der Waals surface area contributed by atoms with Crippen LogP contribution in [0.5, 0.6) is 0 Å². The van der Waals surface area contributed by atoms with Gasteiger partial charge in [-0.1, -0.05) is 24.2 Å². The second-order valence-electron chi connectivity index (χ2n) is 10.3. The molecule has 3 heterocycles. The molecule has 0 atom stereocenters. The summed E-state index contributed by atoms with van der Waals surface area (Å²) in [7, 11) is 0. The molecular formula is C27H33BrN6O3S. The van der Waals surface area contributed by atoms with Crippen molar-refractivity contribution >= 4 is 60.6 Å². The molecule has 5 rings (SSSR count). The quantitative estimate of drug-likeness (QED) is 0.229.